The lowest BCUT2D eigenvalue weighted by Gasteiger charge is -2.09. The first kappa shape index (κ1) is 17.5. The molecule has 0 atom stereocenters. The SMILES string of the molecule is CCc1nn(CCCSC)c(CC)c1CNCCOC. The van der Waals surface area contributed by atoms with E-state index in [0.29, 0.717) is 0 Å². The number of hydrogen-bond donors (Lipinski definition) is 1. The highest BCUT2D eigenvalue weighted by atomic mass is 32.2. The van der Waals surface area contributed by atoms with E-state index in [9.17, 15) is 0 Å². The zero-order valence-electron chi connectivity index (χ0n) is 13.4. The van der Waals surface area contributed by atoms with Crippen molar-refractivity contribution in [1.82, 2.24) is 15.1 Å². The molecule has 0 amide bonds. The molecule has 0 saturated heterocycles. The molecule has 0 bridgehead atoms. The van der Waals surface area contributed by atoms with Crippen molar-refractivity contribution in [2.24, 2.45) is 0 Å². The Hall–Kier alpha value is -0.520. The maximum atomic E-state index is 5.08. The van der Waals surface area contributed by atoms with Crippen LogP contribution in [0.15, 0.2) is 0 Å². The second-order valence-electron chi connectivity index (χ2n) is 4.82. The van der Waals surface area contributed by atoms with Gasteiger partial charge in [-0.2, -0.15) is 16.9 Å². The zero-order valence-corrected chi connectivity index (χ0v) is 14.2. The highest BCUT2D eigenvalue weighted by Gasteiger charge is 2.14. The summed E-state index contributed by atoms with van der Waals surface area (Å²) in [5.74, 6) is 1.20. The fourth-order valence-electron chi connectivity index (χ4n) is 2.40. The molecule has 0 saturated carbocycles. The Kier molecular flexibility index (Phi) is 8.98. The Bertz CT molecular complexity index is 379. The highest BCUT2D eigenvalue weighted by Crippen LogP contribution is 2.17. The van der Waals surface area contributed by atoms with Gasteiger partial charge in [0.05, 0.1) is 12.3 Å². The molecular formula is C15H29N3OS. The molecule has 0 spiro atoms. The van der Waals surface area contributed by atoms with E-state index in [-0.39, 0.29) is 0 Å². The van der Waals surface area contributed by atoms with Crippen molar-refractivity contribution >= 4 is 11.8 Å². The largest absolute Gasteiger partial charge is 0.383 e. The molecule has 20 heavy (non-hydrogen) atoms. The number of methoxy groups -OCH3 is 1. The van der Waals surface area contributed by atoms with Gasteiger partial charge in [0.2, 0.25) is 0 Å². The standard InChI is InChI=1S/C15H29N3OS/c1-5-14-13(12-16-8-10-19-3)15(6-2)18(17-14)9-7-11-20-4/h16H,5-12H2,1-4H3. The van der Waals surface area contributed by atoms with Gasteiger partial charge >= 0.3 is 0 Å². The summed E-state index contributed by atoms with van der Waals surface area (Å²) in [6.07, 6.45) is 5.40. The second-order valence-corrected chi connectivity index (χ2v) is 5.80. The Balaban J connectivity index is 2.73. The van der Waals surface area contributed by atoms with Crippen molar-refractivity contribution < 1.29 is 4.74 Å². The highest BCUT2D eigenvalue weighted by molar-refractivity contribution is 7.98. The van der Waals surface area contributed by atoms with Crippen LogP contribution in [-0.2, 0) is 30.7 Å². The van der Waals surface area contributed by atoms with E-state index in [1.54, 1.807) is 7.11 Å². The molecule has 0 unspecified atom stereocenters. The molecule has 0 aliphatic rings. The fourth-order valence-corrected chi connectivity index (χ4v) is 2.82. The Labute approximate surface area is 127 Å². The second kappa shape index (κ2) is 10.2. The number of thioether (sulfide) groups is 1. The number of nitrogens with zero attached hydrogens (tertiary/aromatic N) is 2. The first-order valence-corrected chi connectivity index (χ1v) is 8.93. The van der Waals surface area contributed by atoms with Crippen LogP contribution in [0.25, 0.3) is 0 Å². The molecule has 1 rings (SSSR count). The number of rotatable bonds is 11. The van der Waals surface area contributed by atoms with Crippen LogP contribution < -0.4 is 5.32 Å². The van der Waals surface area contributed by atoms with Crippen LogP contribution in [-0.4, -0.2) is 42.1 Å². The van der Waals surface area contributed by atoms with Gasteiger partial charge < -0.3 is 10.1 Å². The number of nitrogens with one attached hydrogen (secondary N) is 1. The van der Waals surface area contributed by atoms with Crippen LogP contribution in [0.2, 0.25) is 0 Å². The van der Waals surface area contributed by atoms with E-state index >= 15 is 0 Å². The van der Waals surface area contributed by atoms with Gasteiger partial charge in [0.1, 0.15) is 0 Å². The van der Waals surface area contributed by atoms with Crippen molar-refractivity contribution in [2.45, 2.75) is 46.2 Å². The maximum absolute atomic E-state index is 5.08. The summed E-state index contributed by atoms with van der Waals surface area (Å²) >= 11 is 1.90. The molecule has 5 heteroatoms. The average molecular weight is 299 g/mol. The molecule has 1 aromatic rings. The quantitative estimate of drug-likeness (QED) is 0.637. The van der Waals surface area contributed by atoms with Crippen molar-refractivity contribution in [3.05, 3.63) is 17.0 Å². The van der Waals surface area contributed by atoms with Gasteiger partial charge in [-0.25, -0.2) is 0 Å². The smallest absolute Gasteiger partial charge is 0.0669 e. The van der Waals surface area contributed by atoms with Crippen LogP contribution >= 0.6 is 11.8 Å². The van der Waals surface area contributed by atoms with E-state index in [0.717, 1.165) is 39.1 Å². The van der Waals surface area contributed by atoms with Crippen molar-refractivity contribution in [3.8, 4) is 0 Å². The Morgan fingerprint density at radius 1 is 1.30 bits per heavy atom. The third kappa shape index (κ3) is 5.11. The van der Waals surface area contributed by atoms with Crippen molar-refractivity contribution in [2.75, 3.05) is 32.3 Å². The summed E-state index contributed by atoms with van der Waals surface area (Å²) in [5, 5.41) is 8.26. The lowest BCUT2D eigenvalue weighted by atomic mass is 10.1. The van der Waals surface area contributed by atoms with Gasteiger partial charge in [0, 0.05) is 38.0 Å². The van der Waals surface area contributed by atoms with E-state index in [2.05, 4.69) is 30.1 Å². The summed E-state index contributed by atoms with van der Waals surface area (Å²) < 4.78 is 7.30. The fraction of sp³-hybridized carbons (Fsp3) is 0.800. The van der Waals surface area contributed by atoms with Gasteiger partial charge in [0.15, 0.2) is 0 Å². The predicted octanol–water partition coefficient (Wildman–Crippen LogP) is 2.50. The normalized spacial score (nSPS) is 11.2. The topological polar surface area (TPSA) is 39.1 Å². The summed E-state index contributed by atoms with van der Waals surface area (Å²) in [4.78, 5) is 0. The van der Waals surface area contributed by atoms with E-state index in [4.69, 9.17) is 9.84 Å². The van der Waals surface area contributed by atoms with Crippen molar-refractivity contribution in [3.63, 3.8) is 0 Å². The average Bonchev–Trinajstić information content (AvgIpc) is 2.81. The van der Waals surface area contributed by atoms with Crippen molar-refractivity contribution in [1.29, 1.82) is 0 Å². The molecule has 1 heterocycles. The maximum Gasteiger partial charge on any atom is 0.0669 e. The molecule has 0 aliphatic heterocycles. The third-order valence-corrected chi connectivity index (χ3v) is 4.12. The van der Waals surface area contributed by atoms with Gasteiger partial charge in [-0.15, -0.1) is 0 Å². The number of aryl methyl sites for hydroxylation is 2. The zero-order chi connectivity index (χ0) is 14.8. The molecular weight excluding hydrogens is 270 g/mol. The molecule has 1 aromatic heterocycles. The third-order valence-electron chi connectivity index (χ3n) is 3.42. The number of hydrogen-bond acceptors (Lipinski definition) is 4. The van der Waals surface area contributed by atoms with Gasteiger partial charge in [-0.3, -0.25) is 4.68 Å². The van der Waals surface area contributed by atoms with E-state index in [1.165, 1.54) is 29.1 Å². The van der Waals surface area contributed by atoms with Gasteiger partial charge in [-0.1, -0.05) is 13.8 Å². The number of aromatic nitrogens is 2. The van der Waals surface area contributed by atoms with E-state index in [1.807, 2.05) is 11.8 Å². The minimum absolute atomic E-state index is 0.755. The molecule has 116 valence electrons. The lowest BCUT2D eigenvalue weighted by molar-refractivity contribution is 0.199. The minimum atomic E-state index is 0.755. The molecule has 0 aromatic carbocycles. The monoisotopic (exact) mass is 299 g/mol. The van der Waals surface area contributed by atoms with Crippen LogP contribution in [0.1, 0.15) is 37.2 Å². The van der Waals surface area contributed by atoms with Gasteiger partial charge in [0.25, 0.3) is 0 Å². The van der Waals surface area contributed by atoms with Crippen LogP contribution in [0.3, 0.4) is 0 Å². The Morgan fingerprint density at radius 3 is 2.70 bits per heavy atom. The summed E-state index contributed by atoms with van der Waals surface area (Å²) in [6, 6.07) is 0. The molecule has 0 aliphatic carbocycles. The lowest BCUT2D eigenvalue weighted by Crippen LogP contribution is -2.20. The predicted molar refractivity (Wildman–Crippen MR) is 87.6 cm³/mol. The number of ether oxygens (including phenoxy) is 1. The molecule has 1 N–H and O–H groups in total. The minimum Gasteiger partial charge on any atom is -0.383 e. The first-order chi connectivity index (χ1) is 9.78. The first-order valence-electron chi connectivity index (χ1n) is 7.54. The van der Waals surface area contributed by atoms with E-state index < -0.39 is 0 Å². The van der Waals surface area contributed by atoms with Crippen LogP contribution in [0.4, 0.5) is 0 Å². The molecule has 4 nitrogen and oxygen atoms in total. The summed E-state index contributed by atoms with van der Waals surface area (Å²) in [5.41, 5.74) is 4.04. The van der Waals surface area contributed by atoms with Gasteiger partial charge in [-0.05, 0) is 31.3 Å². The molecule has 0 fully saturated rings. The van der Waals surface area contributed by atoms with Crippen LogP contribution in [0.5, 0.6) is 0 Å². The summed E-state index contributed by atoms with van der Waals surface area (Å²) in [6.45, 7) is 7.99. The molecule has 0 radical (unpaired) electrons. The summed E-state index contributed by atoms with van der Waals surface area (Å²) in [7, 11) is 1.74. The van der Waals surface area contributed by atoms with Crippen LogP contribution in [0, 0.1) is 0 Å². The Morgan fingerprint density at radius 2 is 2.10 bits per heavy atom.